The van der Waals surface area contributed by atoms with Gasteiger partial charge in [-0.05, 0) is 50.1 Å². The Balaban J connectivity index is 2.24. The van der Waals surface area contributed by atoms with Crippen molar-refractivity contribution in [1.82, 2.24) is 15.1 Å². The number of nitrogens with one attached hydrogen (secondary N) is 1. The van der Waals surface area contributed by atoms with Crippen molar-refractivity contribution in [3.63, 3.8) is 0 Å². The van der Waals surface area contributed by atoms with Gasteiger partial charge in [0.2, 0.25) is 0 Å². The fourth-order valence-corrected chi connectivity index (χ4v) is 2.58. The van der Waals surface area contributed by atoms with E-state index in [0.29, 0.717) is 5.56 Å². The quantitative estimate of drug-likeness (QED) is 0.882. The third kappa shape index (κ3) is 3.91. The van der Waals surface area contributed by atoms with Crippen LogP contribution in [0, 0.1) is 19.7 Å². The molecule has 3 nitrogen and oxygen atoms in total. The average Bonchev–Trinajstić information content (AvgIpc) is 2.76. The zero-order valence-electron chi connectivity index (χ0n) is 13.3. The second-order valence-corrected chi connectivity index (χ2v) is 5.62. The highest BCUT2D eigenvalue weighted by molar-refractivity contribution is 5.28. The van der Waals surface area contributed by atoms with Gasteiger partial charge in [-0.15, -0.1) is 0 Å². The van der Waals surface area contributed by atoms with Crippen LogP contribution in [0.15, 0.2) is 24.3 Å². The summed E-state index contributed by atoms with van der Waals surface area (Å²) >= 11 is 0. The third-order valence-electron chi connectivity index (χ3n) is 3.74. The standard InChI is InChI=1S/C17H24FN3/c1-5-8-19-17(11-15-10-13(3)20-21(15)4)14-6-7-16(18)12(2)9-14/h6-7,9-10,17,19H,5,8,11H2,1-4H3. The van der Waals surface area contributed by atoms with E-state index in [0.717, 1.165) is 30.6 Å². The highest BCUT2D eigenvalue weighted by atomic mass is 19.1. The van der Waals surface area contributed by atoms with Crippen LogP contribution < -0.4 is 5.32 Å². The number of benzene rings is 1. The molecule has 1 atom stereocenters. The Labute approximate surface area is 126 Å². The molecule has 1 N–H and O–H groups in total. The van der Waals surface area contributed by atoms with Crippen LogP contribution in [0.2, 0.25) is 0 Å². The van der Waals surface area contributed by atoms with E-state index < -0.39 is 0 Å². The van der Waals surface area contributed by atoms with Crippen molar-refractivity contribution < 1.29 is 4.39 Å². The van der Waals surface area contributed by atoms with Crippen LogP contribution in [0.25, 0.3) is 0 Å². The molecule has 2 aromatic rings. The predicted molar refractivity (Wildman–Crippen MR) is 83.8 cm³/mol. The van der Waals surface area contributed by atoms with Crippen LogP contribution in [0.4, 0.5) is 4.39 Å². The van der Waals surface area contributed by atoms with E-state index in [2.05, 4.69) is 23.4 Å². The Hall–Kier alpha value is -1.68. The maximum atomic E-state index is 13.5. The minimum absolute atomic E-state index is 0.149. The Morgan fingerprint density at radius 1 is 1.29 bits per heavy atom. The molecule has 0 saturated heterocycles. The summed E-state index contributed by atoms with van der Waals surface area (Å²) in [5.74, 6) is -0.149. The summed E-state index contributed by atoms with van der Waals surface area (Å²) < 4.78 is 15.4. The largest absolute Gasteiger partial charge is 0.310 e. The molecule has 0 fully saturated rings. The van der Waals surface area contributed by atoms with E-state index in [-0.39, 0.29) is 11.9 Å². The number of aromatic nitrogens is 2. The molecule has 1 unspecified atom stereocenters. The third-order valence-corrected chi connectivity index (χ3v) is 3.74. The molecule has 0 bridgehead atoms. The topological polar surface area (TPSA) is 29.9 Å². The first-order chi connectivity index (χ1) is 10.0. The zero-order valence-corrected chi connectivity index (χ0v) is 13.3. The van der Waals surface area contributed by atoms with Crippen molar-refractivity contribution in [2.75, 3.05) is 6.54 Å². The molecule has 1 aromatic heterocycles. The molecule has 0 saturated carbocycles. The SMILES string of the molecule is CCCNC(Cc1cc(C)nn1C)c1ccc(F)c(C)c1. The van der Waals surface area contributed by atoms with Gasteiger partial charge in [-0.2, -0.15) is 5.10 Å². The lowest BCUT2D eigenvalue weighted by Crippen LogP contribution is -2.25. The molecule has 4 heteroatoms. The van der Waals surface area contributed by atoms with Gasteiger partial charge in [0.05, 0.1) is 5.69 Å². The lowest BCUT2D eigenvalue weighted by atomic mass is 9.99. The summed E-state index contributed by atoms with van der Waals surface area (Å²) in [4.78, 5) is 0. The second kappa shape index (κ2) is 6.85. The number of hydrogen-bond acceptors (Lipinski definition) is 2. The van der Waals surface area contributed by atoms with E-state index in [1.165, 1.54) is 5.69 Å². The first kappa shape index (κ1) is 15.7. The van der Waals surface area contributed by atoms with Crippen LogP contribution in [0.5, 0.6) is 0 Å². The molecule has 21 heavy (non-hydrogen) atoms. The molecule has 0 radical (unpaired) electrons. The Bertz CT molecular complexity index is 604. The summed E-state index contributed by atoms with van der Waals surface area (Å²) in [5, 5.41) is 7.95. The molecule has 2 rings (SSSR count). The van der Waals surface area contributed by atoms with Crippen LogP contribution in [0.1, 0.15) is 41.9 Å². The van der Waals surface area contributed by atoms with Crippen molar-refractivity contribution in [2.45, 2.75) is 39.7 Å². The Morgan fingerprint density at radius 3 is 2.62 bits per heavy atom. The summed E-state index contributed by atoms with van der Waals surface area (Å²) in [6, 6.07) is 7.65. The zero-order chi connectivity index (χ0) is 15.4. The summed E-state index contributed by atoms with van der Waals surface area (Å²) in [5.41, 5.74) is 4.03. The fraction of sp³-hybridized carbons (Fsp3) is 0.471. The highest BCUT2D eigenvalue weighted by Gasteiger charge is 2.15. The lowest BCUT2D eigenvalue weighted by Gasteiger charge is -2.20. The molecule has 114 valence electrons. The molecule has 0 aliphatic rings. The van der Waals surface area contributed by atoms with Crippen molar-refractivity contribution in [3.05, 3.63) is 52.6 Å². The number of rotatable bonds is 6. The van der Waals surface area contributed by atoms with E-state index in [1.807, 2.05) is 37.7 Å². The van der Waals surface area contributed by atoms with Crippen molar-refractivity contribution in [3.8, 4) is 0 Å². The van der Waals surface area contributed by atoms with Crippen molar-refractivity contribution in [2.24, 2.45) is 7.05 Å². The molecule has 1 aromatic carbocycles. The van der Waals surface area contributed by atoms with Crippen molar-refractivity contribution in [1.29, 1.82) is 0 Å². The normalized spacial score (nSPS) is 12.6. The summed E-state index contributed by atoms with van der Waals surface area (Å²) in [6.07, 6.45) is 1.92. The monoisotopic (exact) mass is 289 g/mol. The van der Waals surface area contributed by atoms with Gasteiger partial charge in [-0.25, -0.2) is 4.39 Å². The Kier molecular flexibility index (Phi) is 5.12. The number of halogens is 1. The van der Waals surface area contributed by atoms with Gasteiger partial charge in [0.25, 0.3) is 0 Å². The minimum atomic E-state index is -0.149. The number of aryl methyl sites for hydroxylation is 3. The van der Waals surface area contributed by atoms with Crippen LogP contribution >= 0.6 is 0 Å². The molecule has 0 spiro atoms. The van der Waals surface area contributed by atoms with Crippen LogP contribution in [-0.4, -0.2) is 16.3 Å². The maximum Gasteiger partial charge on any atom is 0.126 e. The van der Waals surface area contributed by atoms with Gasteiger partial charge in [0.15, 0.2) is 0 Å². The average molecular weight is 289 g/mol. The van der Waals surface area contributed by atoms with E-state index >= 15 is 0 Å². The summed E-state index contributed by atoms with van der Waals surface area (Å²) in [7, 11) is 1.97. The molecule has 1 heterocycles. The minimum Gasteiger partial charge on any atom is -0.310 e. The van der Waals surface area contributed by atoms with Gasteiger partial charge in [0.1, 0.15) is 5.82 Å². The maximum absolute atomic E-state index is 13.5. The first-order valence-electron chi connectivity index (χ1n) is 7.50. The smallest absolute Gasteiger partial charge is 0.126 e. The molecular weight excluding hydrogens is 265 g/mol. The van der Waals surface area contributed by atoms with Gasteiger partial charge >= 0.3 is 0 Å². The van der Waals surface area contributed by atoms with E-state index in [4.69, 9.17) is 0 Å². The lowest BCUT2D eigenvalue weighted by molar-refractivity contribution is 0.510. The van der Waals surface area contributed by atoms with Crippen LogP contribution in [-0.2, 0) is 13.5 Å². The van der Waals surface area contributed by atoms with Gasteiger partial charge < -0.3 is 5.32 Å². The van der Waals surface area contributed by atoms with Gasteiger partial charge in [-0.1, -0.05) is 19.1 Å². The molecule has 0 amide bonds. The first-order valence-corrected chi connectivity index (χ1v) is 7.50. The van der Waals surface area contributed by atoms with Gasteiger partial charge in [-0.3, -0.25) is 4.68 Å². The second-order valence-electron chi connectivity index (χ2n) is 5.62. The summed E-state index contributed by atoms with van der Waals surface area (Å²) in [6.45, 7) is 6.90. The number of hydrogen-bond donors (Lipinski definition) is 1. The predicted octanol–water partition coefficient (Wildman–Crippen LogP) is 3.46. The van der Waals surface area contributed by atoms with E-state index in [1.54, 1.807) is 6.07 Å². The number of nitrogens with zero attached hydrogens (tertiary/aromatic N) is 2. The molecular formula is C17H24FN3. The van der Waals surface area contributed by atoms with Crippen molar-refractivity contribution >= 4 is 0 Å². The highest BCUT2D eigenvalue weighted by Crippen LogP contribution is 2.21. The Morgan fingerprint density at radius 2 is 2.05 bits per heavy atom. The molecule has 0 aliphatic carbocycles. The van der Waals surface area contributed by atoms with E-state index in [9.17, 15) is 4.39 Å². The molecule has 0 aliphatic heterocycles. The van der Waals surface area contributed by atoms with Gasteiger partial charge in [0, 0.05) is 25.2 Å². The van der Waals surface area contributed by atoms with Crippen LogP contribution in [0.3, 0.4) is 0 Å². The fourth-order valence-electron chi connectivity index (χ4n) is 2.58.